The summed E-state index contributed by atoms with van der Waals surface area (Å²) in [5.74, 6) is 1.84. The quantitative estimate of drug-likeness (QED) is 0.610. The van der Waals surface area contributed by atoms with Gasteiger partial charge in [-0.3, -0.25) is 14.3 Å². The Hall–Kier alpha value is -3.90. The van der Waals surface area contributed by atoms with Crippen molar-refractivity contribution in [3.8, 4) is 29.2 Å². The van der Waals surface area contributed by atoms with Crippen LogP contribution in [0.2, 0.25) is 0 Å². The molecular weight excluding hydrogens is 396 g/mol. The van der Waals surface area contributed by atoms with Crippen molar-refractivity contribution in [1.82, 2.24) is 24.5 Å². The molecule has 4 rings (SSSR count). The van der Waals surface area contributed by atoms with Crippen LogP contribution in [0.1, 0.15) is 28.2 Å². The molecule has 0 bridgehead atoms. The predicted molar refractivity (Wildman–Crippen MR) is 115 cm³/mol. The van der Waals surface area contributed by atoms with Crippen molar-refractivity contribution in [1.29, 1.82) is 0 Å². The first-order chi connectivity index (χ1) is 14.7. The van der Waals surface area contributed by atoms with Crippen molar-refractivity contribution in [2.24, 2.45) is 12.8 Å². The van der Waals surface area contributed by atoms with Crippen molar-refractivity contribution in [2.45, 2.75) is 19.4 Å². The molecule has 3 heterocycles. The van der Waals surface area contributed by atoms with Crippen LogP contribution in [0.15, 0.2) is 36.7 Å². The number of carbonyl (C=O) groups is 2. The van der Waals surface area contributed by atoms with Crippen LogP contribution in [0.4, 0.5) is 0 Å². The van der Waals surface area contributed by atoms with E-state index < -0.39 is 12.0 Å². The number of aromatic nitrogens is 4. The zero-order chi connectivity index (χ0) is 22.7. The van der Waals surface area contributed by atoms with E-state index in [4.69, 9.17) is 17.3 Å². The van der Waals surface area contributed by atoms with E-state index in [1.807, 2.05) is 44.4 Å². The topological polar surface area (TPSA) is 119 Å². The number of carbonyl (C=O) groups excluding carboxylic acids is 2. The maximum atomic E-state index is 11.8. The molecule has 1 aliphatic rings. The normalized spacial score (nSPS) is 15.4. The summed E-state index contributed by atoms with van der Waals surface area (Å²) < 4.78 is 3.29. The van der Waals surface area contributed by atoms with Crippen molar-refractivity contribution in [2.75, 3.05) is 13.6 Å². The van der Waals surface area contributed by atoms with E-state index in [1.165, 1.54) is 4.90 Å². The summed E-state index contributed by atoms with van der Waals surface area (Å²) >= 11 is 0. The second-order valence-electron chi connectivity index (χ2n) is 7.26. The molecule has 1 saturated heterocycles. The highest BCUT2D eigenvalue weighted by molar-refractivity contribution is 5.98. The Morgan fingerprint density at radius 2 is 2.00 bits per heavy atom. The molecular formula is C22H24N6O3. The third-order valence-corrected chi connectivity index (χ3v) is 4.93. The first kappa shape index (κ1) is 21.8. The highest BCUT2D eigenvalue weighted by atomic mass is 16.3. The van der Waals surface area contributed by atoms with Gasteiger partial charge in [0.15, 0.2) is 5.69 Å². The summed E-state index contributed by atoms with van der Waals surface area (Å²) in [6, 6.07) is 7.34. The van der Waals surface area contributed by atoms with E-state index in [9.17, 15) is 9.59 Å². The molecule has 160 valence electrons. The summed E-state index contributed by atoms with van der Waals surface area (Å²) in [4.78, 5) is 23.9. The first-order valence-corrected chi connectivity index (χ1v) is 9.61. The zero-order valence-electron chi connectivity index (χ0n) is 17.6. The lowest BCUT2D eigenvalue weighted by Gasteiger charge is -2.04. The van der Waals surface area contributed by atoms with E-state index in [2.05, 4.69) is 16.1 Å². The van der Waals surface area contributed by atoms with Crippen LogP contribution in [0.25, 0.3) is 16.8 Å². The summed E-state index contributed by atoms with van der Waals surface area (Å²) in [5.41, 5.74) is 9.44. The number of aliphatic hydroxyl groups is 1. The average molecular weight is 420 g/mol. The number of amides is 2. The number of terminal acetylenes is 1. The molecule has 1 atom stereocenters. The monoisotopic (exact) mass is 420 g/mol. The number of hydrogen-bond acceptors (Lipinski definition) is 5. The van der Waals surface area contributed by atoms with Crippen molar-refractivity contribution in [3.05, 3.63) is 53.6 Å². The maximum Gasteiger partial charge on any atom is 0.269 e. The lowest BCUT2D eigenvalue weighted by molar-refractivity contribution is -0.133. The largest absolute Gasteiger partial charge is 0.383 e. The number of likely N-dealkylation sites (tertiary alicyclic amines) is 1. The average Bonchev–Trinajstić information content (AvgIpc) is 3.42. The second kappa shape index (κ2) is 8.85. The maximum absolute atomic E-state index is 11.8. The van der Waals surface area contributed by atoms with E-state index >= 15 is 0 Å². The summed E-state index contributed by atoms with van der Waals surface area (Å²) in [5, 5.41) is 17.4. The van der Waals surface area contributed by atoms with Crippen LogP contribution < -0.4 is 5.73 Å². The minimum atomic E-state index is -0.722. The number of nitrogens with two attached hydrogens (primary N) is 1. The number of rotatable bonds is 3. The Labute approximate surface area is 180 Å². The fraction of sp³-hybridized carbons (Fsp3) is 0.273. The molecule has 0 aliphatic carbocycles. The van der Waals surface area contributed by atoms with Gasteiger partial charge >= 0.3 is 0 Å². The number of likely N-dealkylation sites (N-methyl/N-ethyl adjacent to an activating group) is 1. The van der Waals surface area contributed by atoms with Gasteiger partial charge in [-0.2, -0.15) is 10.2 Å². The molecule has 2 aromatic heterocycles. The molecule has 3 N–H and O–H groups in total. The number of hydrogen-bond donors (Lipinski definition) is 2. The second-order valence-corrected chi connectivity index (χ2v) is 7.26. The predicted octanol–water partition coefficient (Wildman–Crippen LogP) is 0.871. The van der Waals surface area contributed by atoms with Gasteiger partial charge in [0.2, 0.25) is 0 Å². The lowest BCUT2D eigenvalue weighted by atomic mass is 10.1. The third kappa shape index (κ3) is 4.65. The van der Waals surface area contributed by atoms with Crippen molar-refractivity contribution < 1.29 is 14.7 Å². The molecule has 0 spiro atoms. The van der Waals surface area contributed by atoms with E-state index in [0.717, 1.165) is 22.5 Å². The van der Waals surface area contributed by atoms with E-state index in [0.29, 0.717) is 18.5 Å². The molecule has 1 fully saturated rings. The highest BCUT2D eigenvalue weighted by Crippen LogP contribution is 2.27. The van der Waals surface area contributed by atoms with E-state index in [1.54, 1.807) is 22.6 Å². The van der Waals surface area contributed by atoms with Gasteiger partial charge in [-0.25, -0.2) is 4.68 Å². The van der Waals surface area contributed by atoms with Crippen molar-refractivity contribution in [3.63, 3.8) is 0 Å². The number of aliphatic hydroxyl groups excluding tert-OH is 1. The van der Waals surface area contributed by atoms with Gasteiger partial charge in [0.25, 0.3) is 11.8 Å². The van der Waals surface area contributed by atoms with Gasteiger partial charge in [0.1, 0.15) is 6.10 Å². The molecule has 9 heteroatoms. The van der Waals surface area contributed by atoms with Gasteiger partial charge in [-0.15, -0.1) is 6.42 Å². The van der Waals surface area contributed by atoms with Crippen LogP contribution >= 0.6 is 0 Å². The number of nitrogens with zero attached hydrogens (tertiary/aromatic N) is 5. The Balaban J connectivity index is 0.000000287. The third-order valence-electron chi connectivity index (χ3n) is 4.93. The van der Waals surface area contributed by atoms with Gasteiger partial charge in [0.05, 0.1) is 11.4 Å². The van der Waals surface area contributed by atoms with Crippen LogP contribution in [-0.2, 0) is 11.8 Å². The summed E-state index contributed by atoms with van der Waals surface area (Å²) in [6.07, 6.45) is 8.90. The minimum absolute atomic E-state index is 0.148. The highest BCUT2D eigenvalue weighted by Gasteiger charge is 2.26. The number of benzene rings is 1. The molecule has 2 amide bonds. The fourth-order valence-corrected chi connectivity index (χ4v) is 3.29. The Morgan fingerprint density at radius 3 is 2.48 bits per heavy atom. The van der Waals surface area contributed by atoms with Gasteiger partial charge in [-0.1, -0.05) is 12.0 Å². The molecule has 1 aromatic carbocycles. The molecule has 0 saturated carbocycles. The summed E-state index contributed by atoms with van der Waals surface area (Å²) in [7, 11) is 3.51. The number of aryl methyl sites for hydroxylation is 2. The van der Waals surface area contributed by atoms with E-state index in [-0.39, 0.29) is 11.6 Å². The van der Waals surface area contributed by atoms with Crippen LogP contribution in [0.3, 0.4) is 0 Å². The SMILES string of the molecule is C#Cc1cccc(-n2cc(-c3cn(C)nc3C)c(C(N)=O)n2)c1.CN1CC[C@H](O)C1=O. The summed E-state index contributed by atoms with van der Waals surface area (Å²) in [6.45, 7) is 2.57. The zero-order valence-corrected chi connectivity index (χ0v) is 17.6. The van der Waals surface area contributed by atoms with Crippen LogP contribution in [0, 0.1) is 19.3 Å². The Morgan fingerprint density at radius 1 is 1.26 bits per heavy atom. The molecule has 31 heavy (non-hydrogen) atoms. The van der Waals surface area contributed by atoms with Crippen LogP contribution in [0.5, 0.6) is 0 Å². The standard InChI is InChI=1S/C17H15N5O.C5H9NO2/c1-4-12-6-5-7-13(8-12)22-10-15(16(20-22)17(18)23)14-9-21(3)19-11(14)2;1-6-3-2-4(7)5(6)8/h1,5-10H,2-3H3,(H2,18,23);4,7H,2-3H2,1H3/t;4-/m.0/s1. The molecule has 0 unspecified atom stereocenters. The molecule has 9 nitrogen and oxygen atoms in total. The van der Waals surface area contributed by atoms with Crippen molar-refractivity contribution >= 4 is 11.8 Å². The number of primary amides is 1. The Kier molecular flexibility index (Phi) is 6.22. The van der Waals surface area contributed by atoms with Gasteiger partial charge in [0, 0.05) is 49.7 Å². The molecule has 3 aromatic rings. The Bertz CT molecular complexity index is 1160. The van der Waals surface area contributed by atoms with Crippen LogP contribution in [-0.4, -0.2) is 61.1 Å². The lowest BCUT2D eigenvalue weighted by Crippen LogP contribution is -2.24. The fourth-order valence-electron chi connectivity index (χ4n) is 3.29. The molecule has 1 aliphatic heterocycles. The minimum Gasteiger partial charge on any atom is -0.383 e. The first-order valence-electron chi connectivity index (χ1n) is 9.61. The van der Waals surface area contributed by atoms with Gasteiger partial charge < -0.3 is 15.7 Å². The van der Waals surface area contributed by atoms with Gasteiger partial charge in [-0.05, 0) is 31.5 Å². The molecule has 0 radical (unpaired) electrons. The smallest absolute Gasteiger partial charge is 0.269 e.